The van der Waals surface area contributed by atoms with Crippen LogP contribution in [0.1, 0.15) is 50.8 Å². The van der Waals surface area contributed by atoms with Gasteiger partial charge in [-0.25, -0.2) is 0 Å². The lowest BCUT2D eigenvalue weighted by atomic mass is 9.82. The molecule has 166 valence electrons. The van der Waals surface area contributed by atoms with Gasteiger partial charge in [-0.1, -0.05) is 32.9 Å². The van der Waals surface area contributed by atoms with E-state index >= 15 is 0 Å². The quantitative estimate of drug-likeness (QED) is 0.793. The largest absolute Gasteiger partial charge is 0.497 e. The summed E-state index contributed by atoms with van der Waals surface area (Å²) in [6.07, 6.45) is 1.62. The molecule has 6 nitrogen and oxygen atoms in total. The molecule has 1 aromatic heterocycles. The first-order valence-electron chi connectivity index (χ1n) is 11.1. The third kappa shape index (κ3) is 4.78. The molecule has 1 aromatic carbocycles. The van der Waals surface area contributed by atoms with Gasteiger partial charge < -0.3 is 19.5 Å². The van der Waals surface area contributed by atoms with Crippen LogP contribution in [0.2, 0.25) is 0 Å². The Bertz CT molecular complexity index is 1000. The summed E-state index contributed by atoms with van der Waals surface area (Å²) in [7, 11) is 1.65. The maximum atomic E-state index is 13.2. The highest BCUT2D eigenvalue weighted by Gasteiger charge is 2.37. The second kappa shape index (κ2) is 8.40. The van der Waals surface area contributed by atoms with Crippen molar-refractivity contribution >= 4 is 11.6 Å². The molecule has 2 aliphatic rings. The van der Waals surface area contributed by atoms with Crippen molar-refractivity contribution in [3.63, 3.8) is 0 Å². The van der Waals surface area contributed by atoms with Crippen LogP contribution in [0.15, 0.2) is 41.2 Å². The van der Waals surface area contributed by atoms with Crippen LogP contribution in [0, 0.1) is 11.3 Å². The smallest absolute Gasteiger partial charge is 0.274 e. The van der Waals surface area contributed by atoms with Crippen LogP contribution >= 0.6 is 0 Å². The number of ether oxygens (including phenoxy) is 1. The van der Waals surface area contributed by atoms with E-state index in [4.69, 9.17) is 4.74 Å². The van der Waals surface area contributed by atoms with Gasteiger partial charge in [0.1, 0.15) is 11.4 Å². The molecule has 1 fully saturated rings. The van der Waals surface area contributed by atoms with Gasteiger partial charge in [-0.15, -0.1) is 0 Å². The van der Waals surface area contributed by atoms with Crippen LogP contribution in [-0.2, 0) is 17.9 Å². The van der Waals surface area contributed by atoms with Gasteiger partial charge in [0.2, 0.25) is 5.91 Å². The zero-order valence-corrected chi connectivity index (χ0v) is 19.0. The van der Waals surface area contributed by atoms with Gasteiger partial charge in [-0.2, -0.15) is 0 Å². The van der Waals surface area contributed by atoms with Crippen molar-refractivity contribution in [2.75, 3.05) is 25.5 Å². The third-order valence-electron chi connectivity index (χ3n) is 6.28. The van der Waals surface area contributed by atoms with E-state index in [0.29, 0.717) is 37.7 Å². The number of methoxy groups -OCH3 is 1. The highest BCUT2D eigenvalue weighted by molar-refractivity contribution is 5.77. The topological polar surface area (TPSA) is 63.6 Å². The van der Waals surface area contributed by atoms with E-state index in [-0.39, 0.29) is 22.8 Å². The number of anilines is 1. The number of carbonyl (C=O) groups excluding carboxylic acids is 1. The van der Waals surface area contributed by atoms with Crippen molar-refractivity contribution in [1.29, 1.82) is 0 Å². The number of piperidine rings is 1. The zero-order valence-electron chi connectivity index (χ0n) is 19.0. The van der Waals surface area contributed by atoms with E-state index in [1.165, 1.54) is 0 Å². The Hall–Kier alpha value is -2.76. The molecule has 1 N–H and O–H groups in total. The van der Waals surface area contributed by atoms with Crippen molar-refractivity contribution in [3.05, 3.63) is 58.0 Å². The molecule has 3 heterocycles. The lowest BCUT2D eigenvalue weighted by molar-refractivity contribution is -0.135. The molecule has 1 amide bonds. The fraction of sp³-hybridized carbons (Fsp3) is 0.520. The lowest BCUT2D eigenvalue weighted by Gasteiger charge is -2.43. The number of pyridine rings is 1. The van der Waals surface area contributed by atoms with Crippen molar-refractivity contribution in [2.24, 2.45) is 11.3 Å². The molecule has 4 rings (SSSR count). The van der Waals surface area contributed by atoms with Gasteiger partial charge in [-0.3, -0.25) is 9.59 Å². The van der Waals surface area contributed by atoms with Crippen LogP contribution in [-0.4, -0.2) is 35.6 Å². The fourth-order valence-corrected chi connectivity index (χ4v) is 4.79. The van der Waals surface area contributed by atoms with Gasteiger partial charge in [-0.05, 0) is 47.6 Å². The number of rotatable bonds is 5. The Morgan fingerprint density at radius 3 is 2.52 bits per heavy atom. The van der Waals surface area contributed by atoms with Crippen molar-refractivity contribution in [2.45, 2.75) is 52.6 Å². The second-order valence-corrected chi connectivity index (χ2v) is 10.1. The number of aromatic nitrogens is 1. The van der Waals surface area contributed by atoms with E-state index in [0.717, 1.165) is 30.0 Å². The van der Waals surface area contributed by atoms with E-state index in [1.54, 1.807) is 7.11 Å². The lowest BCUT2D eigenvalue weighted by Crippen LogP contribution is -2.49. The van der Waals surface area contributed by atoms with Crippen molar-refractivity contribution < 1.29 is 9.53 Å². The Morgan fingerprint density at radius 1 is 1.10 bits per heavy atom. The predicted octanol–water partition coefficient (Wildman–Crippen LogP) is 3.85. The summed E-state index contributed by atoms with van der Waals surface area (Å²) in [5.41, 5.74) is 2.80. The molecule has 2 bridgehead atoms. The molecule has 6 heteroatoms. The average Bonchev–Trinajstić information content (AvgIpc) is 2.73. The number of benzene rings is 1. The Balaban J connectivity index is 1.48. The SMILES string of the molecule is COc1ccc(CNc2ccc3n(c2=O)C[C@H]2C[C@@H]3CN(C(=O)CC(C)(C)C)C2)cc1. The van der Waals surface area contributed by atoms with E-state index < -0.39 is 0 Å². The van der Waals surface area contributed by atoms with Crippen LogP contribution in [0.25, 0.3) is 0 Å². The monoisotopic (exact) mass is 423 g/mol. The Kier molecular flexibility index (Phi) is 5.82. The van der Waals surface area contributed by atoms with Gasteiger partial charge in [0.25, 0.3) is 5.56 Å². The molecule has 0 radical (unpaired) electrons. The molecule has 0 aliphatic carbocycles. The predicted molar refractivity (Wildman–Crippen MR) is 123 cm³/mol. The van der Waals surface area contributed by atoms with Crippen LogP contribution in [0.3, 0.4) is 0 Å². The molecular formula is C25H33N3O3. The number of hydrogen-bond donors (Lipinski definition) is 1. The van der Waals surface area contributed by atoms with Crippen molar-refractivity contribution in [3.8, 4) is 5.75 Å². The maximum Gasteiger partial charge on any atom is 0.274 e. The van der Waals surface area contributed by atoms with Gasteiger partial charge in [0, 0.05) is 44.2 Å². The normalized spacial score (nSPS) is 20.2. The van der Waals surface area contributed by atoms with Crippen LogP contribution in [0.5, 0.6) is 5.75 Å². The average molecular weight is 424 g/mol. The van der Waals surface area contributed by atoms with E-state index in [2.05, 4.69) is 32.2 Å². The molecule has 1 saturated heterocycles. The Labute approximate surface area is 184 Å². The highest BCUT2D eigenvalue weighted by atomic mass is 16.5. The summed E-state index contributed by atoms with van der Waals surface area (Å²) in [6.45, 7) is 9.04. The molecule has 31 heavy (non-hydrogen) atoms. The first kappa shape index (κ1) is 21.5. The molecule has 2 aliphatic heterocycles. The molecule has 2 aromatic rings. The van der Waals surface area contributed by atoms with E-state index in [1.807, 2.05) is 39.8 Å². The zero-order chi connectivity index (χ0) is 22.2. The molecule has 2 atom stereocenters. The molecule has 0 spiro atoms. The molecule has 0 unspecified atom stereocenters. The second-order valence-electron chi connectivity index (χ2n) is 10.1. The maximum absolute atomic E-state index is 13.2. The summed E-state index contributed by atoms with van der Waals surface area (Å²) in [5.74, 6) is 1.62. The fourth-order valence-electron chi connectivity index (χ4n) is 4.79. The molecule has 0 saturated carbocycles. The van der Waals surface area contributed by atoms with Gasteiger partial charge >= 0.3 is 0 Å². The summed E-state index contributed by atoms with van der Waals surface area (Å²) in [4.78, 5) is 28.0. The number of amides is 1. The first-order valence-corrected chi connectivity index (χ1v) is 11.1. The van der Waals surface area contributed by atoms with Gasteiger partial charge in [0.05, 0.1) is 7.11 Å². The number of likely N-dealkylation sites (tertiary alicyclic amines) is 1. The van der Waals surface area contributed by atoms with Crippen LogP contribution < -0.4 is 15.6 Å². The number of carbonyl (C=O) groups is 1. The minimum absolute atomic E-state index is 0.0110. The summed E-state index contributed by atoms with van der Waals surface area (Å²) < 4.78 is 7.13. The Morgan fingerprint density at radius 2 is 1.84 bits per heavy atom. The number of nitrogens with zero attached hydrogens (tertiary/aromatic N) is 2. The standard InChI is InChI=1S/C25H33N3O3/c1-25(2,3)12-23(29)27-14-18-11-19(16-27)22-10-9-21(24(30)28(22)15-18)26-13-17-5-7-20(31-4)8-6-17/h5-10,18-19,26H,11-16H2,1-4H3/t18-,19+/m0/s1. The van der Waals surface area contributed by atoms with E-state index in [9.17, 15) is 9.59 Å². The summed E-state index contributed by atoms with van der Waals surface area (Å²) in [6, 6.07) is 11.8. The number of nitrogens with one attached hydrogen (secondary N) is 1. The minimum Gasteiger partial charge on any atom is -0.497 e. The summed E-state index contributed by atoms with van der Waals surface area (Å²) >= 11 is 0. The number of fused-ring (bicyclic) bond motifs is 4. The third-order valence-corrected chi connectivity index (χ3v) is 6.28. The van der Waals surface area contributed by atoms with Crippen LogP contribution in [0.4, 0.5) is 5.69 Å². The minimum atomic E-state index is -0.0110. The highest BCUT2D eigenvalue weighted by Crippen LogP contribution is 2.36. The number of hydrogen-bond acceptors (Lipinski definition) is 4. The van der Waals surface area contributed by atoms with Crippen molar-refractivity contribution in [1.82, 2.24) is 9.47 Å². The summed E-state index contributed by atoms with van der Waals surface area (Å²) in [5, 5.41) is 3.30. The molecular weight excluding hydrogens is 390 g/mol. The first-order chi connectivity index (χ1) is 14.7. The van der Waals surface area contributed by atoms with Gasteiger partial charge in [0.15, 0.2) is 0 Å².